The molecule has 0 aromatic carbocycles. The number of rotatable bonds is 67. The Bertz CT molecular complexity index is 1830. The molecule has 5 atom stereocenters. The average molecular weight is 1310 g/mol. The predicted octanol–water partition coefficient (Wildman–Crippen LogP) is 19.5. The highest BCUT2D eigenvalue weighted by Gasteiger charge is 2.30. The summed E-state index contributed by atoms with van der Waals surface area (Å²) >= 11 is 0. The van der Waals surface area contributed by atoms with Crippen molar-refractivity contribution in [3.63, 3.8) is 0 Å². The highest BCUT2D eigenvalue weighted by Crippen LogP contribution is 2.45. The van der Waals surface area contributed by atoms with E-state index in [4.69, 9.17) is 37.0 Å². The SMILES string of the molecule is CCCCCC/C=C\C=C/CCCCCCCC(=O)OC[C@H](COP(=O)(O)OC[C@@H](O)COP(=O)(O)OC[C@@H](COC(=O)CCCCCCCCC(C)C)OC(=O)CCCCCCCCC(C)C)OC(=O)CCCCCCCCCCCCCCCCCC. The van der Waals surface area contributed by atoms with Crippen LogP contribution in [0.1, 0.15) is 330 Å². The summed E-state index contributed by atoms with van der Waals surface area (Å²) in [5.74, 6) is -0.816. The molecule has 0 aliphatic carbocycles. The van der Waals surface area contributed by atoms with Gasteiger partial charge in [-0.3, -0.25) is 37.3 Å². The van der Waals surface area contributed by atoms with Gasteiger partial charge in [0.2, 0.25) is 0 Å². The van der Waals surface area contributed by atoms with E-state index >= 15 is 0 Å². The van der Waals surface area contributed by atoms with Crippen molar-refractivity contribution in [2.45, 2.75) is 349 Å². The van der Waals surface area contributed by atoms with E-state index in [9.17, 15) is 43.2 Å². The Morgan fingerprint density at radius 3 is 0.921 bits per heavy atom. The van der Waals surface area contributed by atoms with Crippen LogP contribution in [-0.2, 0) is 65.4 Å². The first-order valence-electron chi connectivity index (χ1n) is 35.8. The van der Waals surface area contributed by atoms with Crippen LogP contribution >= 0.6 is 15.6 Å². The van der Waals surface area contributed by atoms with Gasteiger partial charge in [0, 0.05) is 25.7 Å². The number of hydrogen-bond acceptors (Lipinski definition) is 15. The van der Waals surface area contributed by atoms with Gasteiger partial charge in [-0.2, -0.15) is 0 Å². The first-order valence-corrected chi connectivity index (χ1v) is 38.8. The van der Waals surface area contributed by atoms with Crippen molar-refractivity contribution in [3.8, 4) is 0 Å². The van der Waals surface area contributed by atoms with Gasteiger partial charge in [0.1, 0.15) is 19.3 Å². The molecular formula is C70H132O17P2. The maximum absolute atomic E-state index is 13.0. The summed E-state index contributed by atoms with van der Waals surface area (Å²) in [7, 11) is -9.91. The van der Waals surface area contributed by atoms with E-state index in [0.717, 1.165) is 116 Å². The second-order valence-electron chi connectivity index (χ2n) is 25.5. The fourth-order valence-electron chi connectivity index (χ4n) is 10.1. The number of esters is 4. The Morgan fingerprint density at radius 2 is 0.607 bits per heavy atom. The molecule has 19 heteroatoms. The van der Waals surface area contributed by atoms with Gasteiger partial charge in [0.15, 0.2) is 12.2 Å². The molecule has 0 spiro atoms. The molecular weight excluding hydrogens is 1170 g/mol. The second-order valence-corrected chi connectivity index (χ2v) is 28.4. The lowest BCUT2D eigenvalue weighted by Crippen LogP contribution is -2.30. The number of aliphatic hydroxyl groups is 1. The van der Waals surface area contributed by atoms with Crippen molar-refractivity contribution in [2.24, 2.45) is 11.8 Å². The molecule has 0 radical (unpaired) electrons. The summed E-state index contributed by atoms with van der Waals surface area (Å²) in [6.45, 7) is 9.30. The van der Waals surface area contributed by atoms with E-state index in [2.05, 4.69) is 65.8 Å². The number of carbonyl (C=O) groups excluding carboxylic acids is 4. The lowest BCUT2D eigenvalue weighted by atomic mass is 10.0. The second kappa shape index (κ2) is 61.7. The average Bonchev–Trinajstić information content (AvgIpc) is 3.56. The Labute approximate surface area is 542 Å². The van der Waals surface area contributed by atoms with Crippen molar-refractivity contribution in [2.75, 3.05) is 39.6 Å². The Kier molecular flexibility index (Phi) is 60.0. The standard InChI is InChI=1S/C70H132O17P2/c1-7-9-11-13-15-17-19-21-23-25-27-29-31-33-42-48-54-69(74)86-65(58-80-67(72)52-46-40-32-30-28-26-24-22-20-18-16-14-12-10-8-2)60-84-88(76,77)82-56-64(71)57-83-89(78,79)85-61-66(87-70(75)55-49-43-37-35-39-45-51-63(5)6)59-81-68(73)53-47-41-36-34-38-44-50-62(3)4/h18,20,22,24,62-66,71H,7-17,19,21,23,25-61H2,1-6H3,(H,76,77)(H,78,79)/b20-18-,24-22-/t64-,65-,66-/m1/s1. The van der Waals surface area contributed by atoms with Gasteiger partial charge in [-0.1, -0.05) is 278 Å². The third kappa shape index (κ3) is 64.1. The summed E-state index contributed by atoms with van der Waals surface area (Å²) in [4.78, 5) is 72.4. The largest absolute Gasteiger partial charge is 0.472 e. The van der Waals surface area contributed by atoms with Crippen molar-refractivity contribution in [1.82, 2.24) is 0 Å². The van der Waals surface area contributed by atoms with E-state index < -0.39 is 97.5 Å². The summed E-state index contributed by atoms with van der Waals surface area (Å²) in [6, 6.07) is 0. The van der Waals surface area contributed by atoms with E-state index in [1.54, 1.807) is 0 Å². The highest BCUT2D eigenvalue weighted by molar-refractivity contribution is 7.47. The number of unbranched alkanes of at least 4 members (excludes halogenated alkanes) is 34. The number of ether oxygens (including phenoxy) is 4. The number of phosphoric acid groups is 2. The first kappa shape index (κ1) is 86.5. The molecule has 0 rings (SSSR count). The molecule has 0 aliphatic heterocycles. The van der Waals surface area contributed by atoms with Crippen LogP contribution in [0.15, 0.2) is 24.3 Å². The fourth-order valence-corrected chi connectivity index (χ4v) is 11.6. The van der Waals surface area contributed by atoms with Gasteiger partial charge in [0.25, 0.3) is 0 Å². The van der Waals surface area contributed by atoms with Crippen molar-refractivity contribution in [3.05, 3.63) is 24.3 Å². The number of hydrogen-bond donors (Lipinski definition) is 3. The van der Waals surface area contributed by atoms with Gasteiger partial charge in [-0.05, 0) is 63.2 Å². The molecule has 0 aromatic heterocycles. The molecule has 0 bridgehead atoms. The molecule has 0 heterocycles. The van der Waals surface area contributed by atoms with Crippen molar-refractivity contribution in [1.29, 1.82) is 0 Å². The molecule has 89 heavy (non-hydrogen) atoms. The van der Waals surface area contributed by atoms with Gasteiger partial charge < -0.3 is 33.8 Å². The van der Waals surface area contributed by atoms with Gasteiger partial charge in [0.05, 0.1) is 26.4 Å². The normalized spacial score (nSPS) is 14.3. The molecule has 3 N–H and O–H groups in total. The molecule has 0 saturated heterocycles. The maximum Gasteiger partial charge on any atom is 0.472 e. The Hall–Kier alpha value is -2.46. The molecule has 17 nitrogen and oxygen atoms in total. The third-order valence-electron chi connectivity index (χ3n) is 15.6. The Balaban J connectivity index is 5.26. The van der Waals surface area contributed by atoms with E-state index in [1.165, 1.54) is 122 Å². The van der Waals surface area contributed by atoms with E-state index in [1.807, 2.05) is 0 Å². The van der Waals surface area contributed by atoms with Gasteiger partial charge in [-0.15, -0.1) is 0 Å². The van der Waals surface area contributed by atoms with Gasteiger partial charge in [-0.25, -0.2) is 9.13 Å². The topological polar surface area (TPSA) is 237 Å². The van der Waals surface area contributed by atoms with Crippen LogP contribution in [0.4, 0.5) is 0 Å². The minimum absolute atomic E-state index is 0.0987. The van der Waals surface area contributed by atoms with Crippen molar-refractivity contribution >= 4 is 39.5 Å². The van der Waals surface area contributed by atoms with Crippen LogP contribution in [0.3, 0.4) is 0 Å². The summed E-state index contributed by atoms with van der Waals surface area (Å²) in [5.41, 5.74) is 0. The van der Waals surface area contributed by atoms with Gasteiger partial charge >= 0.3 is 39.5 Å². The number of phosphoric ester groups is 2. The lowest BCUT2D eigenvalue weighted by Gasteiger charge is -2.21. The van der Waals surface area contributed by atoms with Crippen LogP contribution in [0.5, 0.6) is 0 Å². The van der Waals surface area contributed by atoms with Crippen LogP contribution < -0.4 is 0 Å². The van der Waals surface area contributed by atoms with Crippen molar-refractivity contribution < 1.29 is 80.2 Å². The monoisotopic (exact) mass is 1310 g/mol. The predicted molar refractivity (Wildman–Crippen MR) is 358 cm³/mol. The lowest BCUT2D eigenvalue weighted by molar-refractivity contribution is -0.161. The first-order chi connectivity index (χ1) is 42.9. The smallest absolute Gasteiger partial charge is 0.462 e. The number of aliphatic hydroxyl groups excluding tert-OH is 1. The zero-order valence-corrected chi connectivity index (χ0v) is 59.0. The molecule has 0 aromatic rings. The van der Waals surface area contributed by atoms with Crippen LogP contribution in [0.25, 0.3) is 0 Å². The van der Waals surface area contributed by atoms with E-state index in [-0.39, 0.29) is 25.7 Å². The number of carbonyl (C=O) groups is 4. The molecule has 0 aliphatic rings. The zero-order chi connectivity index (χ0) is 65.7. The number of allylic oxidation sites excluding steroid dienone is 4. The molecule has 524 valence electrons. The summed E-state index contributed by atoms with van der Waals surface area (Å²) in [6.07, 6.45) is 49.8. The highest BCUT2D eigenvalue weighted by atomic mass is 31.2. The zero-order valence-electron chi connectivity index (χ0n) is 57.2. The minimum atomic E-state index is -4.96. The van der Waals surface area contributed by atoms with Crippen LogP contribution in [0, 0.1) is 11.8 Å². The van der Waals surface area contributed by atoms with Crippen LogP contribution in [-0.4, -0.2) is 96.7 Å². The molecule has 0 saturated carbocycles. The summed E-state index contributed by atoms with van der Waals surface area (Å²) < 4.78 is 68.1. The molecule has 0 fully saturated rings. The maximum atomic E-state index is 13.0. The fraction of sp³-hybridized carbons (Fsp3) is 0.886. The van der Waals surface area contributed by atoms with E-state index in [0.29, 0.717) is 37.5 Å². The molecule has 0 amide bonds. The third-order valence-corrected chi connectivity index (χ3v) is 17.5. The summed E-state index contributed by atoms with van der Waals surface area (Å²) in [5, 5.41) is 10.6. The minimum Gasteiger partial charge on any atom is -0.462 e. The Morgan fingerprint density at radius 1 is 0.348 bits per heavy atom. The van der Waals surface area contributed by atoms with Crippen LogP contribution in [0.2, 0.25) is 0 Å². The quantitative estimate of drug-likeness (QED) is 0.0169. The molecule has 2 unspecified atom stereocenters.